The highest BCUT2D eigenvalue weighted by Crippen LogP contribution is 2.35. The number of amides is 3. The molecule has 2 rings (SSSR count). The normalized spacial score (nSPS) is 21.9. The smallest absolute Gasteiger partial charge is 0.325 e. The number of nitrogens with zero attached hydrogens (tertiary/aromatic N) is 1. The minimum Gasteiger partial charge on any atom is -0.330 e. The highest BCUT2D eigenvalue weighted by atomic mass is 16.2. The molecule has 5 nitrogen and oxygen atoms in total. The second-order valence-electron chi connectivity index (χ2n) is 7.00. The van der Waals surface area contributed by atoms with Crippen molar-refractivity contribution in [3.8, 4) is 0 Å². The van der Waals surface area contributed by atoms with E-state index >= 15 is 0 Å². The number of imide groups is 1. The van der Waals surface area contributed by atoms with Crippen LogP contribution in [0.2, 0.25) is 0 Å². The second-order valence-corrected chi connectivity index (χ2v) is 7.00. The number of hydrogen-bond donors (Lipinski definition) is 2. The van der Waals surface area contributed by atoms with Crippen LogP contribution in [0.4, 0.5) is 4.79 Å². The van der Waals surface area contributed by atoms with Crippen LogP contribution in [0.5, 0.6) is 0 Å². The minimum absolute atomic E-state index is 0.00177. The van der Waals surface area contributed by atoms with E-state index in [-0.39, 0.29) is 17.4 Å². The fourth-order valence-corrected chi connectivity index (χ4v) is 3.17. The molecule has 1 aliphatic heterocycles. The van der Waals surface area contributed by atoms with E-state index < -0.39 is 5.54 Å². The second kappa shape index (κ2) is 5.72. The Morgan fingerprint density at radius 3 is 2.50 bits per heavy atom. The molecule has 1 aliphatic carbocycles. The lowest BCUT2D eigenvalue weighted by Crippen LogP contribution is -2.44. The quantitative estimate of drug-likeness (QED) is 0.577. The van der Waals surface area contributed by atoms with Gasteiger partial charge in [-0.25, -0.2) is 4.79 Å². The molecular weight excluding hydrogens is 254 g/mol. The molecule has 114 valence electrons. The maximum Gasteiger partial charge on any atom is 0.325 e. The van der Waals surface area contributed by atoms with Gasteiger partial charge in [-0.1, -0.05) is 33.1 Å². The summed E-state index contributed by atoms with van der Waals surface area (Å²) in [7, 11) is 0. The summed E-state index contributed by atoms with van der Waals surface area (Å²) in [6.45, 7) is 5.49. The molecule has 0 aromatic heterocycles. The fraction of sp³-hybridized carbons (Fsp3) is 0.867. The lowest BCUT2D eigenvalue weighted by atomic mass is 9.87. The standard InChI is InChI=1S/C15H27N3O2/c1-14(2,11-16)7-5-6-10-18-12(19)15(17-13(18)20)8-3-4-9-15/h3-11,16H2,1-2H3,(H,17,20). The van der Waals surface area contributed by atoms with Gasteiger partial charge in [0.15, 0.2) is 0 Å². The van der Waals surface area contributed by atoms with Crippen LogP contribution in [0.3, 0.4) is 0 Å². The van der Waals surface area contributed by atoms with Crippen molar-refractivity contribution < 1.29 is 9.59 Å². The first-order valence-corrected chi connectivity index (χ1v) is 7.74. The molecule has 2 aliphatic rings. The van der Waals surface area contributed by atoms with Gasteiger partial charge < -0.3 is 11.1 Å². The molecular formula is C15H27N3O2. The SMILES string of the molecule is CC(C)(CN)CCCCN1C(=O)NC2(CCCC2)C1=O. The van der Waals surface area contributed by atoms with Gasteiger partial charge in [0.1, 0.15) is 5.54 Å². The summed E-state index contributed by atoms with van der Waals surface area (Å²) >= 11 is 0. The summed E-state index contributed by atoms with van der Waals surface area (Å²) < 4.78 is 0. The van der Waals surface area contributed by atoms with Crippen LogP contribution in [-0.4, -0.2) is 35.5 Å². The van der Waals surface area contributed by atoms with Gasteiger partial charge in [0.05, 0.1) is 0 Å². The summed E-state index contributed by atoms with van der Waals surface area (Å²) in [4.78, 5) is 25.8. The Hall–Kier alpha value is -1.10. The van der Waals surface area contributed by atoms with Crippen molar-refractivity contribution in [3.05, 3.63) is 0 Å². The van der Waals surface area contributed by atoms with E-state index in [1.807, 2.05) is 0 Å². The van der Waals surface area contributed by atoms with Crippen molar-refractivity contribution in [2.75, 3.05) is 13.1 Å². The first-order valence-electron chi connectivity index (χ1n) is 7.74. The van der Waals surface area contributed by atoms with E-state index in [0.29, 0.717) is 13.1 Å². The van der Waals surface area contributed by atoms with Gasteiger partial charge in [-0.15, -0.1) is 0 Å². The molecule has 1 saturated heterocycles. The van der Waals surface area contributed by atoms with Crippen molar-refractivity contribution in [3.63, 3.8) is 0 Å². The molecule has 0 atom stereocenters. The lowest BCUT2D eigenvalue weighted by molar-refractivity contribution is -0.131. The average molecular weight is 281 g/mol. The number of carbonyl (C=O) groups excluding carboxylic acids is 2. The van der Waals surface area contributed by atoms with Gasteiger partial charge in [-0.2, -0.15) is 0 Å². The Bertz CT molecular complexity index is 387. The Morgan fingerprint density at radius 2 is 1.90 bits per heavy atom. The van der Waals surface area contributed by atoms with Crippen molar-refractivity contribution in [1.29, 1.82) is 0 Å². The molecule has 0 radical (unpaired) electrons. The van der Waals surface area contributed by atoms with Gasteiger partial charge in [0.25, 0.3) is 5.91 Å². The van der Waals surface area contributed by atoms with Crippen LogP contribution in [0, 0.1) is 5.41 Å². The molecule has 1 spiro atoms. The van der Waals surface area contributed by atoms with E-state index in [9.17, 15) is 9.59 Å². The molecule has 5 heteroatoms. The molecule has 0 bridgehead atoms. The summed E-state index contributed by atoms with van der Waals surface area (Å²) in [5.74, 6) is -0.00177. The van der Waals surface area contributed by atoms with Crippen LogP contribution in [0.1, 0.15) is 58.8 Å². The van der Waals surface area contributed by atoms with Gasteiger partial charge in [-0.3, -0.25) is 9.69 Å². The van der Waals surface area contributed by atoms with E-state index in [2.05, 4.69) is 19.2 Å². The number of nitrogens with two attached hydrogens (primary N) is 1. The number of urea groups is 1. The number of rotatable bonds is 6. The van der Waals surface area contributed by atoms with Gasteiger partial charge >= 0.3 is 6.03 Å². The lowest BCUT2D eigenvalue weighted by Gasteiger charge is -2.23. The van der Waals surface area contributed by atoms with E-state index in [1.165, 1.54) is 4.90 Å². The van der Waals surface area contributed by atoms with Gasteiger partial charge in [0.2, 0.25) is 0 Å². The fourth-order valence-electron chi connectivity index (χ4n) is 3.17. The Labute approximate surface area is 121 Å². The Kier molecular flexibility index (Phi) is 4.37. The predicted molar refractivity (Wildman–Crippen MR) is 78.1 cm³/mol. The molecule has 20 heavy (non-hydrogen) atoms. The van der Waals surface area contributed by atoms with Crippen LogP contribution < -0.4 is 11.1 Å². The molecule has 1 heterocycles. The molecule has 3 N–H and O–H groups in total. The van der Waals surface area contributed by atoms with Gasteiger partial charge in [0, 0.05) is 6.54 Å². The van der Waals surface area contributed by atoms with Crippen LogP contribution in [0.25, 0.3) is 0 Å². The van der Waals surface area contributed by atoms with Crippen LogP contribution in [-0.2, 0) is 4.79 Å². The number of hydrogen-bond acceptors (Lipinski definition) is 3. The average Bonchev–Trinajstić information content (AvgIpc) is 2.95. The molecule has 0 aromatic rings. The van der Waals surface area contributed by atoms with Gasteiger partial charge in [-0.05, 0) is 37.6 Å². The van der Waals surface area contributed by atoms with Crippen LogP contribution in [0.15, 0.2) is 0 Å². The third-order valence-electron chi connectivity index (χ3n) is 4.74. The topological polar surface area (TPSA) is 75.4 Å². The zero-order valence-corrected chi connectivity index (χ0v) is 12.7. The number of carbonyl (C=O) groups is 2. The summed E-state index contributed by atoms with van der Waals surface area (Å²) in [6, 6.07) is -0.199. The molecule has 3 amide bonds. The van der Waals surface area contributed by atoms with E-state index in [4.69, 9.17) is 5.73 Å². The first-order chi connectivity index (χ1) is 9.40. The predicted octanol–water partition coefficient (Wildman–Crippen LogP) is 2.01. The molecule has 2 fully saturated rings. The van der Waals surface area contributed by atoms with Crippen molar-refractivity contribution in [2.24, 2.45) is 11.1 Å². The highest BCUT2D eigenvalue weighted by Gasteiger charge is 2.51. The Morgan fingerprint density at radius 1 is 1.25 bits per heavy atom. The van der Waals surface area contributed by atoms with E-state index in [0.717, 1.165) is 44.9 Å². The minimum atomic E-state index is -0.562. The Balaban J connectivity index is 1.82. The summed E-state index contributed by atoms with van der Waals surface area (Å²) in [5.41, 5.74) is 5.29. The number of nitrogens with one attached hydrogen (secondary N) is 1. The number of unbranched alkanes of at least 4 members (excludes halogenated alkanes) is 1. The van der Waals surface area contributed by atoms with Crippen molar-refractivity contribution in [1.82, 2.24) is 10.2 Å². The first kappa shape index (κ1) is 15.3. The summed E-state index contributed by atoms with van der Waals surface area (Å²) in [5, 5.41) is 2.91. The van der Waals surface area contributed by atoms with Crippen LogP contribution >= 0.6 is 0 Å². The third-order valence-corrected chi connectivity index (χ3v) is 4.74. The maximum absolute atomic E-state index is 12.4. The summed E-state index contributed by atoms with van der Waals surface area (Å²) in [6.07, 6.45) is 6.54. The molecule has 0 unspecified atom stereocenters. The van der Waals surface area contributed by atoms with Crippen molar-refractivity contribution >= 4 is 11.9 Å². The molecule has 0 aromatic carbocycles. The highest BCUT2D eigenvalue weighted by molar-refractivity contribution is 6.07. The third kappa shape index (κ3) is 2.97. The van der Waals surface area contributed by atoms with E-state index in [1.54, 1.807) is 0 Å². The maximum atomic E-state index is 12.4. The monoisotopic (exact) mass is 281 g/mol. The molecule has 1 saturated carbocycles. The zero-order chi connectivity index (χ0) is 14.8. The van der Waals surface area contributed by atoms with Crippen molar-refractivity contribution in [2.45, 2.75) is 64.3 Å². The largest absolute Gasteiger partial charge is 0.330 e. The zero-order valence-electron chi connectivity index (χ0n) is 12.7.